The lowest BCUT2D eigenvalue weighted by Crippen LogP contribution is -2.49. The molecule has 4 aliphatic rings. The van der Waals surface area contributed by atoms with Crippen LogP contribution in [0.15, 0.2) is 48.5 Å². The highest BCUT2D eigenvalue weighted by Crippen LogP contribution is 2.45. The molecule has 0 spiro atoms. The van der Waals surface area contributed by atoms with Gasteiger partial charge in [0.1, 0.15) is 12.4 Å². The second kappa shape index (κ2) is 8.60. The van der Waals surface area contributed by atoms with Crippen LogP contribution in [0.25, 0.3) is 11.1 Å². The van der Waals surface area contributed by atoms with Crippen LogP contribution in [0, 0.1) is 11.8 Å². The number of piperidine rings is 1. The first-order chi connectivity index (χ1) is 16.2. The molecule has 5 heteroatoms. The molecule has 3 heterocycles. The zero-order chi connectivity index (χ0) is 22.4. The third-order valence-electron chi connectivity index (χ3n) is 8.31. The fraction of sp³-hybridized carbons (Fsp3) is 0.500. The maximum atomic E-state index is 13.2. The summed E-state index contributed by atoms with van der Waals surface area (Å²) in [6, 6.07) is 17.1. The first-order valence-corrected chi connectivity index (χ1v) is 12.5. The van der Waals surface area contributed by atoms with Crippen LogP contribution in [-0.2, 0) is 14.3 Å². The minimum atomic E-state index is -0.207. The van der Waals surface area contributed by atoms with E-state index in [1.807, 2.05) is 4.90 Å². The van der Waals surface area contributed by atoms with E-state index in [9.17, 15) is 9.59 Å². The van der Waals surface area contributed by atoms with Gasteiger partial charge in [-0.3, -0.25) is 4.79 Å². The highest BCUT2D eigenvalue weighted by molar-refractivity contribution is 5.84. The summed E-state index contributed by atoms with van der Waals surface area (Å²) in [5, 5.41) is 0. The molecule has 0 N–H and O–H groups in total. The molecule has 1 amide bonds. The van der Waals surface area contributed by atoms with Crippen LogP contribution in [0.4, 0.5) is 4.79 Å². The standard InChI is InChI=1S/C28H31NO4/c30-27(18-11-13-32-14-12-18)19-15-20-9-10-21(16-19)29(20)28(31)33-17-26-24-7-3-1-5-22(24)23-6-2-4-8-25(23)26/h1-8,18-21,26H,9-17H2. The molecular formula is C28H31NO4. The normalized spacial score (nSPS) is 26.7. The van der Waals surface area contributed by atoms with Gasteiger partial charge in [0.05, 0.1) is 0 Å². The van der Waals surface area contributed by atoms with Crippen molar-refractivity contribution < 1.29 is 19.1 Å². The topological polar surface area (TPSA) is 55.8 Å². The van der Waals surface area contributed by atoms with Crippen molar-refractivity contribution in [2.24, 2.45) is 11.8 Å². The Bertz CT molecular complexity index is 1000. The molecule has 172 valence electrons. The molecule has 2 aromatic carbocycles. The smallest absolute Gasteiger partial charge is 0.410 e. The number of benzene rings is 2. The molecule has 2 aromatic rings. The molecule has 2 atom stereocenters. The third kappa shape index (κ3) is 3.67. The number of fused-ring (bicyclic) bond motifs is 5. The number of carbonyl (C=O) groups is 2. The Labute approximate surface area is 195 Å². The number of rotatable bonds is 4. The summed E-state index contributed by atoms with van der Waals surface area (Å²) >= 11 is 0. The lowest BCUT2D eigenvalue weighted by Gasteiger charge is -2.39. The number of amides is 1. The average Bonchev–Trinajstić information content (AvgIpc) is 3.33. The van der Waals surface area contributed by atoms with Crippen molar-refractivity contribution in [2.75, 3.05) is 19.8 Å². The predicted molar refractivity (Wildman–Crippen MR) is 125 cm³/mol. The van der Waals surface area contributed by atoms with Gasteiger partial charge < -0.3 is 14.4 Å². The van der Waals surface area contributed by atoms with Crippen molar-refractivity contribution in [1.29, 1.82) is 0 Å². The molecule has 3 fully saturated rings. The minimum absolute atomic E-state index is 0.0756. The molecular weight excluding hydrogens is 414 g/mol. The lowest BCUT2D eigenvalue weighted by molar-refractivity contribution is -0.132. The van der Waals surface area contributed by atoms with E-state index in [0.717, 1.165) is 38.5 Å². The summed E-state index contributed by atoms with van der Waals surface area (Å²) in [5.41, 5.74) is 4.94. The van der Waals surface area contributed by atoms with E-state index in [-0.39, 0.29) is 35.9 Å². The largest absolute Gasteiger partial charge is 0.448 e. The van der Waals surface area contributed by atoms with Crippen LogP contribution in [0.1, 0.15) is 55.6 Å². The summed E-state index contributed by atoms with van der Waals surface area (Å²) in [5.74, 6) is 0.710. The monoisotopic (exact) mass is 445 g/mol. The van der Waals surface area contributed by atoms with Gasteiger partial charge in [0.25, 0.3) is 0 Å². The van der Waals surface area contributed by atoms with Crippen LogP contribution in [0.5, 0.6) is 0 Å². The van der Waals surface area contributed by atoms with E-state index in [2.05, 4.69) is 48.5 Å². The van der Waals surface area contributed by atoms with Gasteiger partial charge >= 0.3 is 6.09 Å². The average molecular weight is 446 g/mol. The van der Waals surface area contributed by atoms with Gasteiger partial charge in [-0.15, -0.1) is 0 Å². The molecule has 5 nitrogen and oxygen atoms in total. The van der Waals surface area contributed by atoms with Crippen molar-refractivity contribution in [2.45, 2.75) is 56.5 Å². The Hall–Kier alpha value is -2.66. The molecule has 3 saturated heterocycles. The van der Waals surface area contributed by atoms with E-state index in [0.29, 0.717) is 25.6 Å². The van der Waals surface area contributed by atoms with E-state index in [1.165, 1.54) is 22.3 Å². The van der Waals surface area contributed by atoms with Crippen LogP contribution in [-0.4, -0.2) is 48.7 Å². The molecule has 0 aromatic heterocycles. The molecule has 2 bridgehead atoms. The minimum Gasteiger partial charge on any atom is -0.448 e. The summed E-state index contributed by atoms with van der Waals surface area (Å²) in [6.07, 6.45) is 5.02. The van der Waals surface area contributed by atoms with Gasteiger partial charge in [-0.05, 0) is 60.8 Å². The molecule has 1 aliphatic carbocycles. The van der Waals surface area contributed by atoms with Crippen molar-refractivity contribution in [3.05, 3.63) is 59.7 Å². The van der Waals surface area contributed by atoms with Crippen molar-refractivity contribution >= 4 is 11.9 Å². The van der Waals surface area contributed by atoms with Crippen LogP contribution < -0.4 is 0 Å². The zero-order valence-corrected chi connectivity index (χ0v) is 18.9. The highest BCUT2D eigenvalue weighted by atomic mass is 16.6. The molecule has 2 unspecified atom stereocenters. The van der Waals surface area contributed by atoms with Gasteiger partial charge in [-0.1, -0.05) is 48.5 Å². The van der Waals surface area contributed by atoms with Gasteiger partial charge in [0.15, 0.2) is 0 Å². The van der Waals surface area contributed by atoms with Gasteiger partial charge in [0, 0.05) is 43.1 Å². The van der Waals surface area contributed by atoms with Gasteiger partial charge in [-0.25, -0.2) is 4.79 Å². The Morgan fingerprint density at radius 3 is 2.00 bits per heavy atom. The van der Waals surface area contributed by atoms with E-state index < -0.39 is 0 Å². The van der Waals surface area contributed by atoms with Crippen molar-refractivity contribution in [3.8, 4) is 11.1 Å². The molecule has 0 radical (unpaired) electrons. The molecule has 0 saturated carbocycles. The predicted octanol–water partition coefficient (Wildman–Crippen LogP) is 5.17. The number of ketones is 1. The van der Waals surface area contributed by atoms with E-state index in [1.54, 1.807) is 0 Å². The SMILES string of the molecule is O=C(C1CCOCC1)C1CC2CCC(C1)N2C(=O)OCC1c2ccccc2-c2ccccc21. The first kappa shape index (κ1) is 20.9. The summed E-state index contributed by atoms with van der Waals surface area (Å²) < 4.78 is 11.4. The quantitative estimate of drug-likeness (QED) is 0.651. The highest BCUT2D eigenvalue weighted by Gasteiger charge is 2.47. The molecule has 33 heavy (non-hydrogen) atoms. The van der Waals surface area contributed by atoms with Gasteiger partial charge in [0.2, 0.25) is 0 Å². The Morgan fingerprint density at radius 1 is 0.818 bits per heavy atom. The zero-order valence-electron chi connectivity index (χ0n) is 18.9. The number of ether oxygens (including phenoxy) is 2. The molecule has 6 rings (SSSR count). The number of hydrogen-bond acceptors (Lipinski definition) is 4. The van der Waals surface area contributed by atoms with E-state index in [4.69, 9.17) is 9.47 Å². The number of Topliss-reactive ketones (excluding diaryl/α,β-unsaturated/α-hetero) is 1. The number of carbonyl (C=O) groups excluding carboxylic acids is 2. The fourth-order valence-corrected chi connectivity index (χ4v) is 6.69. The Kier molecular flexibility index (Phi) is 5.45. The lowest BCUT2D eigenvalue weighted by atomic mass is 9.80. The Balaban J connectivity index is 1.12. The number of nitrogens with zero attached hydrogens (tertiary/aromatic N) is 1. The maximum Gasteiger partial charge on any atom is 0.410 e. The second-order valence-corrected chi connectivity index (χ2v) is 10.1. The fourth-order valence-electron chi connectivity index (χ4n) is 6.69. The summed E-state index contributed by atoms with van der Waals surface area (Å²) in [6.45, 7) is 1.75. The summed E-state index contributed by atoms with van der Waals surface area (Å²) in [7, 11) is 0. The summed E-state index contributed by atoms with van der Waals surface area (Å²) in [4.78, 5) is 28.3. The van der Waals surface area contributed by atoms with Crippen LogP contribution in [0.2, 0.25) is 0 Å². The second-order valence-electron chi connectivity index (χ2n) is 10.1. The van der Waals surface area contributed by atoms with Crippen molar-refractivity contribution in [3.63, 3.8) is 0 Å². The first-order valence-electron chi connectivity index (χ1n) is 12.5. The van der Waals surface area contributed by atoms with Crippen LogP contribution >= 0.6 is 0 Å². The maximum absolute atomic E-state index is 13.2. The van der Waals surface area contributed by atoms with Crippen LogP contribution in [0.3, 0.4) is 0 Å². The van der Waals surface area contributed by atoms with E-state index >= 15 is 0 Å². The van der Waals surface area contributed by atoms with Gasteiger partial charge in [-0.2, -0.15) is 0 Å². The van der Waals surface area contributed by atoms with Crippen molar-refractivity contribution in [1.82, 2.24) is 4.90 Å². The third-order valence-corrected chi connectivity index (χ3v) is 8.31. The number of hydrogen-bond donors (Lipinski definition) is 0. The Morgan fingerprint density at radius 2 is 1.39 bits per heavy atom. The molecule has 3 aliphatic heterocycles.